The Labute approximate surface area is 138 Å². The van der Waals surface area contributed by atoms with Gasteiger partial charge in [0.15, 0.2) is 0 Å². The quantitative estimate of drug-likeness (QED) is 0.812. The van der Waals surface area contributed by atoms with Crippen molar-refractivity contribution in [2.45, 2.75) is 31.2 Å². The summed E-state index contributed by atoms with van der Waals surface area (Å²) in [5, 5.41) is 0. The van der Waals surface area contributed by atoms with E-state index in [9.17, 15) is 4.79 Å². The average Bonchev–Trinajstić information content (AvgIpc) is 3.22. The average molecular weight is 325 g/mol. The van der Waals surface area contributed by atoms with Crippen molar-refractivity contribution >= 4 is 18.3 Å². The van der Waals surface area contributed by atoms with Gasteiger partial charge >= 0.3 is 0 Å². The van der Waals surface area contributed by atoms with Crippen molar-refractivity contribution in [3.05, 3.63) is 35.4 Å². The second kappa shape index (κ2) is 6.99. The number of hydrogen-bond acceptors (Lipinski definition) is 3. The molecule has 1 aromatic carbocycles. The molecule has 0 atom stereocenters. The number of amides is 1. The van der Waals surface area contributed by atoms with E-state index in [-0.39, 0.29) is 18.3 Å². The summed E-state index contributed by atoms with van der Waals surface area (Å²) in [7, 11) is 1.82. The number of ether oxygens (including phenoxy) is 1. The number of carbonyl (C=O) groups excluding carboxylic acids is 1. The first-order valence-corrected chi connectivity index (χ1v) is 7.77. The highest BCUT2D eigenvalue weighted by atomic mass is 35.5. The van der Waals surface area contributed by atoms with E-state index in [2.05, 4.69) is 12.1 Å². The van der Waals surface area contributed by atoms with E-state index in [1.54, 1.807) is 4.90 Å². The van der Waals surface area contributed by atoms with Gasteiger partial charge in [0, 0.05) is 20.2 Å². The van der Waals surface area contributed by atoms with Crippen LogP contribution in [0.2, 0.25) is 0 Å². The third-order valence-electron chi connectivity index (χ3n) is 4.52. The molecule has 0 unspecified atom stereocenters. The highest BCUT2D eigenvalue weighted by Gasteiger charge is 2.41. The van der Waals surface area contributed by atoms with Crippen LogP contribution < -0.4 is 5.73 Å². The summed E-state index contributed by atoms with van der Waals surface area (Å²) in [5.74, 6) is 0.782. The fourth-order valence-electron chi connectivity index (χ4n) is 3.01. The van der Waals surface area contributed by atoms with Crippen LogP contribution in [0.25, 0.3) is 0 Å². The largest absolute Gasteiger partial charge is 0.379 e. The third kappa shape index (κ3) is 3.80. The molecule has 4 nitrogen and oxygen atoms in total. The third-order valence-corrected chi connectivity index (χ3v) is 4.52. The fourth-order valence-corrected chi connectivity index (χ4v) is 3.01. The molecule has 0 aliphatic heterocycles. The summed E-state index contributed by atoms with van der Waals surface area (Å²) in [6.45, 7) is 2.05. The molecule has 1 amide bonds. The summed E-state index contributed by atoms with van der Waals surface area (Å²) in [6, 6.07) is 8.14. The lowest BCUT2D eigenvalue weighted by Gasteiger charge is -2.28. The normalized spacial score (nSPS) is 18.5. The number of carbonyl (C=O) groups is 1. The van der Waals surface area contributed by atoms with Gasteiger partial charge in [-0.2, -0.15) is 0 Å². The first-order chi connectivity index (χ1) is 10.1. The lowest BCUT2D eigenvalue weighted by Crippen LogP contribution is -2.55. The van der Waals surface area contributed by atoms with Gasteiger partial charge in [0.2, 0.25) is 5.91 Å². The Morgan fingerprint density at radius 3 is 2.45 bits per heavy atom. The number of likely N-dealkylation sites (N-methyl/N-ethyl adjacent to an activating group) is 1. The van der Waals surface area contributed by atoms with Gasteiger partial charge in [-0.1, -0.05) is 24.3 Å². The Morgan fingerprint density at radius 1 is 1.32 bits per heavy atom. The zero-order valence-corrected chi connectivity index (χ0v) is 13.9. The van der Waals surface area contributed by atoms with E-state index < -0.39 is 5.54 Å². The van der Waals surface area contributed by atoms with Gasteiger partial charge < -0.3 is 15.4 Å². The highest BCUT2D eigenvalue weighted by Crippen LogP contribution is 2.30. The van der Waals surface area contributed by atoms with E-state index in [4.69, 9.17) is 10.5 Å². The zero-order valence-electron chi connectivity index (χ0n) is 13.1. The molecular weight excluding hydrogens is 300 g/mol. The first kappa shape index (κ1) is 17.3. The van der Waals surface area contributed by atoms with Crippen molar-refractivity contribution in [1.82, 2.24) is 4.90 Å². The molecule has 3 rings (SSSR count). The van der Waals surface area contributed by atoms with Crippen molar-refractivity contribution in [1.29, 1.82) is 0 Å². The number of rotatable bonds is 6. The van der Waals surface area contributed by atoms with Gasteiger partial charge in [0.25, 0.3) is 0 Å². The predicted octanol–water partition coefficient (Wildman–Crippen LogP) is 1.79. The summed E-state index contributed by atoms with van der Waals surface area (Å²) in [6.07, 6.45) is 3.85. The molecule has 5 heteroatoms. The van der Waals surface area contributed by atoms with Crippen molar-refractivity contribution in [3.8, 4) is 0 Å². The number of nitrogens with zero attached hydrogens (tertiary/aromatic N) is 1. The summed E-state index contributed by atoms with van der Waals surface area (Å²) >= 11 is 0. The second-order valence-corrected chi connectivity index (χ2v) is 6.52. The van der Waals surface area contributed by atoms with E-state index in [1.807, 2.05) is 19.2 Å². The minimum absolute atomic E-state index is 0. The summed E-state index contributed by atoms with van der Waals surface area (Å²) in [4.78, 5) is 14.3. The molecule has 2 aliphatic carbocycles. The van der Waals surface area contributed by atoms with E-state index in [1.165, 1.54) is 24.0 Å². The summed E-state index contributed by atoms with van der Waals surface area (Å²) in [5.41, 5.74) is 8.00. The molecule has 0 spiro atoms. The molecule has 0 bridgehead atoms. The molecule has 0 aromatic heterocycles. The lowest BCUT2D eigenvalue weighted by atomic mass is 9.95. The lowest BCUT2D eigenvalue weighted by molar-refractivity contribution is -0.136. The molecular formula is C17H25ClN2O2. The first-order valence-electron chi connectivity index (χ1n) is 7.77. The molecule has 2 aliphatic rings. The molecule has 122 valence electrons. The molecule has 2 N–H and O–H groups in total. The Kier molecular flexibility index (Phi) is 5.48. The Hall–Kier alpha value is -1.10. The SMILES string of the molecule is CN(CCOCC1CC1)C(=O)C1(N)Cc2ccccc2C1.Cl. The second-order valence-electron chi connectivity index (χ2n) is 6.52. The topological polar surface area (TPSA) is 55.6 Å². The maximum atomic E-state index is 12.6. The monoisotopic (exact) mass is 324 g/mol. The molecule has 0 radical (unpaired) electrons. The van der Waals surface area contributed by atoms with Gasteiger partial charge in [-0.15, -0.1) is 12.4 Å². The fraction of sp³-hybridized carbons (Fsp3) is 0.588. The Morgan fingerprint density at radius 2 is 1.91 bits per heavy atom. The van der Waals surface area contributed by atoms with Crippen LogP contribution in [0.1, 0.15) is 24.0 Å². The van der Waals surface area contributed by atoms with Gasteiger partial charge in [-0.05, 0) is 42.7 Å². The molecule has 0 saturated heterocycles. The van der Waals surface area contributed by atoms with Gasteiger partial charge in [0.1, 0.15) is 5.54 Å². The number of hydrogen-bond donors (Lipinski definition) is 1. The van der Waals surface area contributed by atoms with Crippen LogP contribution >= 0.6 is 12.4 Å². The van der Waals surface area contributed by atoms with Crippen LogP contribution in [0.15, 0.2) is 24.3 Å². The number of benzene rings is 1. The van der Waals surface area contributed by atoms with E-state index >= 15 is 0 Å². The molecule has 22 heavy (non-hydrogen) atoms. The molecule has 0 heterocycles. The van der Waals surface area contributed by atoms with Crippen molar-refractivity contribution in [2.75, 3.05) is 26.8 Å². The van der Waals surface area contributed by atoms with Crippen molar-refractivity contribution in [2.24, 2.45) is 11.7 Å². The molecule has 1 aromatic rings. The smallest absolute Gasteiger partial charge is 0.243 e. The number of fused-ring (bicyclic) bond motifs is 1. The Balaban J connectivity index is 0.00000176. The zero-order chi connectivity index (χ0) is 14.9. The molecule has 1 fully saturated rings. The standard InChI is InChI=1S/C17H24N2O2.ClH/c1-19(8-9-21-12-13-6-7-13)16(20)17(18)10-14-4-2-3-5-15(14)11-17;/h2-5,13H,6-12,18H2,1H3;1H. The van der Waals surface area contributed by atoms with Crippen molar-refractivity contribution in [3.63, 3.8) is 0 Å². The minimum Gasteiger partial charge on any atom is -0.379 e. The van der Waals surface area contributed by atoms with Crippen LogP contribution in [0.3, 0.4) is 0 Å². The van der Waals surface area contributed by atoms with Crippen LogP contribution in [-0.4, -0.2) is 43.2 Å². The van der Waals surface area contributed by atoms with Crippen LogP contribution in [0.4, 0.5) is 0 Å². The molecule has 1 saturated carbocycles. The highest BCUT2D eigenvalue weighted by molar-refractivity contribution is 5.87. The van der Waals surface area contributed by atoms with E-state index in [0.29, 0.717) is 26.0 Å². The maximum absolute atomic E-state index is 12.6. The number of nitrogens with two attached hydrogens (primary N) is 1. The Bertz CT molecular complexity index is 506. The van der Waals surface area contributed by atoms with Crippen LogP contribution in [0.5, 0.6) is 0 Å². The van der Waals surface area contributed by atoms with Gasteiger partial charge in [0.05, 0.1) is 6.61 Å². The number of halogens is 1. The van der Waals surface area contributed by atoms with Crippen molar-refractivity contribution < 1.29 is 9.53 Å². The van der Waals surface area contributed by atoms with Crippen LogP contribution in [0, 0.1) is 5.92 Å². The van der Waals surface area contributed by atoms with Gasteiger partial charge in [-0.25, -0.2) is 0 Å². The van der Waals surface area contributed by atoms with Crippen LogP contribution in [-0.2, 0) is 22.4 Å². The predicted molar refractivity (Wildman–Crippen MR) is 89.2 cm³/mol. The summed E-state index contributed by atoms with van der Waals surface area (Å²) < 4.78 is 5.60. The van der Waals surface area contributed by atoms with E-state index in [0.717, 1.165) is 12.5 Å². The van der Waals surface area contributed by atoms with Gasteiger partial charge in [-0.3, -0.25) is 4.79 Å². The minimum atomic E-state index is -0.783. The maximum Gasteiger partial charge on any atom is 0.243 e.